The highest BCUT2D eigenvalue weighted by Crippen LogP contribution is 2.13. The lowest BCUT2D eigenvalue weighted by Gasteiger charge is -2.04. The van der Waals surface area contributed by atoms with Gasteiger partial charge in [-0.1, -0.05) is 78.1 Å². The number of hydrogen-bond donors (Lipinski definition) is 0. The van der Waals surface area contributed by atoms with E-state index in [1.165, 1.54) is 70.6 Å². The Morgan fingerprint density at radius 2 is 1.12 bits per heavy atom. The Labute approximate surface area is 110 Å². The molecule has 0 aromatic carbocycles. The highest BCUT2D eigenvalue weighted by Gasteiger charge is 1.95. The predicted molar refractivity (Wildman–Crippen MR) is 79.1 cm³/mol. The van der Waals surface area contributed by atoms with Crippen molar-refractivity contribution in [2.75, 3.05) is 0 Å². The molecule has 17 heavy (non-hydrogen) atoms. The molecule has 0 bridgehead atoms. The molecule has 0 aliphatic rings. The molecule has 0 radical (unpaired) electrons. The lowest BCUT2D eigenvalue weighted by atomic mass is 10.0. The summed E-state index contributed by atoms with van der Waals surface area (Å²) in [6.07, 6.45) is 21.6. The van der Waals surface area contributed by atoms with Gasteiger partial charge < -0.3 is 0 Å². The summed E-state index contributed by atoms with van der Waals surface area (Å²) in [5.41, 5.74) is 0. The van der Waals surface area contributed by atoms with E-state index in [-0.39, 0.29) is 0 Å². The van der Waals surface area contributed by atoms with E-state index in [4.69, 9.17) is 6.42 Å². The topological polar surface area (TPSA) is 0 Å². The monoisotopic (exact) mass is 236 g/mol. The number of hydrogen-bond acceptors (Lipinski definition) is 0. The van der Waals surface area contributed by atoms with Gasteiger partial charge >= 0.3 is 0 Å². The molecule has 0 spiro atoms. The van der Waals surface area contributed by atoms with Gasteiger partial charge in [-0.15, -0.1) is 12.3 Å². The molecule has 0 fully saturated rings. The van der Waals surface area contributed by atoms with Crippen LogP contribution in [0.1, 0.15) is 90.9 Å². The van der Waals surface area contributed by atoms with E-state index in [2.05, 4.69) is 19.8 Å². The summed E-state index contributed by atoms with van der Waals surface area (Å²) in [5.74, 6) is 3.59. The SMILES string of the molecule is C#CCCCCCCCCCCCCC(C)C. The highest BCUT2D eigenvalue weighted by molar-refractivity contribution is 4.82. The van der Waals surface area contributed by atoms with Gasteiger partial charge in [0, 0.05) is 6.42 Å². The van der Waals surface area contributed by atoms with E-state index >= 15 is 0 Å². The van der Waals surface area contributed by atoms with E-state index in [1.54, 1.807) is 0 Å². The normalized spacial score (nSPS) is 10.7. The van der Waals surface area contributed by atoms with Crippen molar-refractivity contribution < 1.29 is 0 Å². The van der Waals surface area contributed by atoms with Gasteiger partial charge in [-0.05, 0) is 12.3 Å². The zero-order valence-electron chi connectivity index (χ0n) is 12.1. The summed E-state index contributed by atoms with van der Waals surface area (Å²) in [6, 6.07) is 0. The van der Waals surface area contributed by atoms with Crippen LogP contribution in [-0.2, 0) is 0 Å². The Morgan fingerprint density at radius 1 is 0.706 bits per heavy atom. The standard InChI is InChI=1S/C17H32/c1-4-5-6-7-8-9-10-11-12-13-14-15-16-17(2)3/h1,17H,5-16H2,2-3H3. The maximum absolute atomic E-state index is 5.22. The van der Waals surface area contributed by atoms with E-state index < -0.39 is 0 Å². The largest absolute Gasteiger partial charge is 0.120 e. The van der Waals surface area contributed by atoms with Gasteiger partial charge in [0.25, 0.3) is 0 Å². The fourth-order valence-corrected chi connectivity index (χ4v) is 2.19. The Morgan fingerprint density at radius 3 is 1.53 bits per heavy atom. The highest BCUT2D eigenvalue weighted by atomic mass is 14.0. The Bertz CT molecular complexity index is 173. The van der Waals surface area contributed by atoms with Crippen LogP contribution in [0.5, 0.6) is 0 Å². The van der Waals surface area contributed by atoms with Crippen LogP contribution in [0.4, 0.5) is 0 Å². The maximum Gasteiger partial charge on any atom is 0.00860 e. The minimum absolute atomic E-state index is 0.887. The van der Waals surface area contributed by atoms with Crippen molar-refractivity contribution >= 4 is 0 Å². The molecule has 0 N–H and O–H groups in total. The summed E-state index contributed by atoms with van der Waals surface area (Å²) in [4.78, 5) is 0. The molecule has 0 aromatic rings. The molecule has 100 valence electrons. The quantitative estimate of drug-likeness (QED) is 0.290. The lowest BCUT2D eigenvalue weighted by molar-refractivity contribution is 0.505. The molecule has 0 amide bonds. The zero-order valence-corrected chi connectivity index (χ0v) is 12.1. The van der Waals surface area contributed by atoms with E-state index in [1.807, 2.05) is 0 Å². The van der Waals surface area contributed by atoms with Crippen LogP contribution in [0.3, 0.4) is 0 Å². The van der Waals surface area contributed by atoms with Gasteiger partial charge in [0.15, 0.2) is 0 Å². The second-order valence-electron chi connectivity index (χ2n) is 5.67. The molecule has 0 unspecified atom stereocenters. The first-order valence-corrected chi connectivity index (χ1v) is 7.71. The predicted octanol–water partition coefficient (Wildman–Crippen LogP) is 5.96. The van der Waals surface area contributed by atoms with Crippen molar-refractivity contribution in [2.24, 2.45) is 5.92 Å². The Kier molecular flexibility index (Phi) is 13.3. The molecule has 0 aliphatic carbocycles. The maximum atomic E-state index is 5.22. The third-order valence-corrected chi connectivity index (χ3v) is 3.35. The molecule has 0 heteroatoms. The van der Waals surface area contributed by atoms with Crippen molar-refractivity contribution in [3.8, 4) is 12.3 Å². The molecule has 0 saturated carbocycles. The van der Waals surface area contributed by atoms with Crippen molar-refractivity contribution in [2.45, 2.75) is 90.9 Å². The van der Waals surface area contributed by atoms with Gasteiger partial charge in [-0.2, -0.15) is 0 Å². The molecule has 0 aliphatic heterocycles. The van der Waals surface area contributed by atoms with Crippen LogP contribution in [0.25, 0.3) is 0 Å². The minimum Gasteiger partial charge on any atom is -0.120 e. The molecular weight excluding hydrogens is 204 g/mol. The Hall–Kier alpha value is -0.440. The smallest absolute Gasteiger partial charge is 0.00860 e. The number of rotatable bonds is 12. The summed E-state index contributed by atoms with van der Waals surface area (Å²) in [6.45, 7) is 4.64. The summed E-state index contributed by atoms with van der Waals surface area (Å²) in [7, 11) is 0. The fourth-order valence-electron chi connectivity index (χ4n) is 2.19. The number of terminal acetylenes is 1. The third kappa shape index (κ3) is 15.6. The van der Waals surface area contributed by atoms with Crippen molar-refractivity contribution in [3.05, 3.63) is 0 Å². The van der Waals surface area contributed by atoms with Crippen LogP contribution in [0.15, 0.2) is 0 Å². The van der Waals surface area contributed by atoms with Crippen LogP contribution < -0.4 is 0 Å². The van der Waals surface area contributed by atoms with E-state index in [9.17, 15) is 0 Å². The zero-order chi connectivity index (χ0) is 12.8. The van der Waals surface area contributed by atoms with Crippen molar-refractivity contribution in [1.82, 2.24) is 0 Å². The second kappa shape index (κ2) is 13.6. The number of unbranched alkanes of at least 4 members (excludes halogenated alkanes) is 10. The third-order valence-electron chi connectivity index (χ3n) is 3.35. The fraction of sp³-hybridized carbons (Fsp3) is 0.882. The molecule has 0 heterocycles. The molecule has 0 aromatic heterocycles. The Balaban J connectivity index is 2.92. The first-order valence-electron chi connectivity index (χ1n) is 7.71. The minimum atomic E-state index is 0.887. The second-order valence-corrected chi connectivity index (χ2v) is 5.67. The van der Waals surface area contributed by atoms with Crippen LogP contribution in [0, 0.1) is 18.3 Å². The first-order chi connectivity index (χ1) is 8.27. The van der Waals surface area contributed by atoms with Crippen molar-refractivity contribution in [1.29, 1.82) is 0 Å². The lowest BCUT2D eigenvalue weighted by Crippen LogP contribution is -1.87. The van der Waals surface area contributed by atoms with Crippen LogP contribution in [0.2, 0.25) is 0 Å². The molecular formula is C17H32. The molecule has 0 saturated heterocycles. The summed E-state index contributed by atoms with van der Waals surface area (Å²) in [5, 5.41) is 0. The van der Waals surface area contributed by atoms with Gasteiger partial charge in [-0.25, -0.2) is 0 Å². The first kappa shape index (κ1) is 16.6. The van der Waals surface area contributed by atoms with E-state index in [0.717, 1.165) is 12.3 Å². The summed E-state index contributed by atoms with van der Waals surface area (Å²) >= 11 is 0. The van der Waals surface area contributed by atoms with Crippen molar-refractivity contribution in [3.63, 3.8) is 0 Å². The summed E-state index contributed by atoms with van der Waals surface area (Å²) < 4.78 is 0. The van der Waals surface area contributed by atoms with Gasteiger partial charge in [0.1, 0.15) is 0 Å². The van der Waals surface area contributed by atoms with Crippen LogP contribution in [-0.4, -0.2) is 0 Å². The van der Waals surface area contributed by atoms with Crippen LogP contribution >= 0.6 is 0 Å². The van der Waals surface area contributed by atoms with E-state index in [0.29, 0.717) is 0 Å². The van der Waals surface area contributed by atoms with Gasteiger partial charge in [0.05, 0.1) is 0 Å². The molecule has 0 rings (SSSR count). The molecule has 0 atom stereocenters. The van der Waals surface area contributed by atoms with Gasteiger partial charge in [-0.3, -0.25) is 0 Å². The average molecular weight is 236 g/mol. The average Bonchev–Trinajstić information content (AvgIpc) is 2.30. The molecule has 0 nitrogen and oxygen atoms in total. The van der Waals surface area contributed by atoms with Gasteiger partial charge in [0.2, 0.25) is 0 Å².